The molecule has 4 N–H and O–H groups in total. The monoisotopic (exact) mass is 715 g/mol. The summed E-state index contributed by atoms with van der Waals surface area (Å²) in [5.74, 6) is -0.221. The highest BCUT2D eigenvalue weighted by molar-refractivity contribution is 9.10. The van der Waals surface area contributed by atoms with E-state index in [0.29, 0.717) is 0 Å². The van der Waals surface area contributed by atoms with Crippen LogP contribution >= 0.6 is 23.7 Å². The number of carbonyl (C=O) groups is 1. The van der Waals surface area contributed by atoms with E-state index < -0.39 is 38.0 Å². The Morgan fingerprint density at radius 3 is 2.72 bits per heavy atom. The van der Waals surface area contributed by atoms with Gasteiger partial charge >= 0.3 is 19.4 Å². The van der Waals surface area contributed by atoms with E-state index in [9.17, 15) is 14.2 Å². The molecule has 2 aromatic carbocycles. The minimum atomic E-state index is -4.29. The van der Waals surface area contributed by atoms with Gasteiger partial charge in [-0.1, -0.05) is 40.5 Å². The number of fused-ring (bicyclic) bond motifs is 1. The summed E-state index contributed by atoms with van der Waals surface area (Å²) in [7, 11) is -4.29. The molecule has 0 spiro atoms. The molecule has 2 aromatic heterocycles. The van der Waals surface area contributed by atoms with Gasteiger partial charge in [-0.2, -0.15) is 10.1 Å². The fourth-order valence-corrected chi connectivity index (χ4v) is 7.27. The largest absolute Gasteiger partial charge is 0.461 e. The number of halogens is 1. The lowest BCUT2D eigenvalue weighted by atomic mass is 9.97. The number of carbonyl (C=O) groups excluding carboxylic acids is 1. The van der Waals surface area contributed by atoms with E-state index in [2.05, 4.69) is 31.0 Å². The number of rotatable bonds is 12. The number of ether oxygens (including phenoxy) is 3. The van der Waals surface area contributed by atoms with Crippen molar-refractivity contribution in [3.63, 3.8) is 0 Å². The van der Waals surface area contributed by atoms with Gasteiger partial charge in [-0.05, 0) is 67.6 Å². The van der Waals surface area contributed by atoms with Crippen LogP contribution in [0.1, 0.15) is 43.9 Å². The maximum absolute atomic E-state index is 14.5. The normalized spacial score (nSPS) is 20.7. The Balaban J connectivity index is 1.23. The zero-order chi connectivity index (χ0) is 32.1. The molecule has 1 saturated heterocycles. The number of aromatic amines is 1. The molecule has 15 heteroatoms. The number of para-hydroxylation sites is 1. The number of H-pyrrole nitrogens is 1. The van der Waals surface area contributed by atoms with Gasteiger partial charge in [-0.3, -0.25) is 13.9 Å². The van der Waals surface area contributed by atoms with Crippen molar-refractivity contribution in [2.75, 3.05) is 18.9 Å². The fourth-order valence-electron chi connectivity index (χ4n) is 5.53. The Kier molecular flexibility index (Phi) is 10.2. The molecule has 0 radical (unpaired) electrons. The molecular weight excluding hydrogens is 681 g/mol. The van der Waals surface area contributed by atoms with Gasteiger partial charge in [0.2, 0.25) is 0 Å². The maximum atomic E-state index is 14.5. The van der Waals surface area contributed by atoms with Crippen LogP contribution in [0, 0.1) is 0 Å². The molecule has 4 aromatic rings. The first-order valence-corrected chi connectivity index (χ1v) is 17.4. The lowest BCUT2D eigenvalue weighted by molar-refractivity contribution is -0.152. The predicted octanol–water partition coefficient (Wildman–Crippen LogP) is 5.22. The van der Waals surface area contributed by atoms with E-state index in [1.54, 1.807) is 24.3 Å². The number of anilines is 1. The number of esters is 1. The highest BCUT2D eigenvalue weighted by Crippen LogP contribution is 2.46. The molecule has 2 aliphatic rings. The van der Waals surface area contributed by atoms with E-state index in [1.165, 1.54) is 16.8 Å². The summed E-state index contributed by atoms with van der Waals surface area (Å²) in [6.45, 7) is -0.326. The van der Waals surface area contributed by atoms with Crippen LogP contribution in [0.4, 0.5) is 5.82 Å². The Bertz CT molecular complexity index is 1760. The second kappa shape index (κ2) is 14.5. The van der Waals surface area contributed by atoms with Crippen LogP contribution in [0.5, 0.6) is 5.75 Å². The van der Waals surface area contributed by atoms with Crippen LogP contribution in [-0.4, -0.2) is 52.2 Å². The van der Waals surface area contributed by atoms with E-state index in [4.69, 9.17) is 29.0 Å². The van der Waals surface area contributed by atoms with Crippen LogP contribution in [0.3, 0.4) is 0 Å². The highest BCUT2D eigenvalue weighted by atomic mass is 79.9. The zero-order valence-electron chi connectivity index (χ0n) is 24.9. The average Bonchev–Trinajstić information content (AvgIpc) is 3.69. The molecule has 1 unspecified atom stereocenters. The van der Waals surface area contributed by atoms with Crippen LogP contribution in [-0.2, 0) is 34.5 Å². The van der Waals surface area contributed by atoms with Crippen molar-refractivity contribution in [3.05, 3.63) is 87.5 Å². The average molecular weight is 717 g/mol. The molecule has 46 heavy (non-hydrogen) atoms. The summed E-state index contributed by atoms with van der Waals surface area (Å²) in [5, 5.41) is 3.82. The number of nitrogen functional groups attached to an aromatic ring is 1. The van der Waals surface area contributed by atoms with Crippen molar-refractivity contribution >= 4 is 46.4 Å². The molecular formula is C31H35BrN5O8P. The maximum Gasteiger partial charge on any atom is 0.459 e. The third-order valence-corrected chi connectivity index (χ3v) is 9.94. The van der Waals surface area contributed by atoms with Crippen LogP contribution < -0.4 is 21.0 Å². The molecule has 0 amide bonds. The number of hydrogen-bond donors (Lipinski definition) is 3. The summed E-state index contributed by atoms with van der Waals surface area (Å²) >= 11 is 3.39. The fraction of sp³-hybridized carbons (Fsp3) is 0.387. The van der Waals surface area contributed by atoms with Crippen LogP contribution in [0.15, 0.2) is 76.3 Å². The third kappa shape index (κ3) is 8.06. The minimum Gasteiger partial charge on any atom is -0.461 e. The molecule has 2 fully saturated rings. The molecule has 13 nitrogen and oxygen atoms in total. The number of nitrogens with two attached hydrogens (primary N) is 1. The molecule has 1 aliphatic carbocycles. The Morgan fingerprint density at radius 1 is 1.15 bits per heavy atom. The van der Waals surface area contributed by atoms with Gasteiger partial charge in [0, 0.05) is 34.2 Å². The quantitative estimate of drug-likeness (QED) is 0.130. The molecule has 1 saturated carbocycles. The minimum absolute atomic E-state index is 0.0156. The summed E-state index contributed by atoms with van der Waals surface area (Å²) in [6, 6.07) is 14.8. The summed E-state index contributed by atoms with van der Waals surface area (Å²) in [6.07, 6.45) is 6.03. The number of nitrogens with zero attached hydrogens (tertiary/aromatic N) is 2. The van der Waals surface area contributed by atoms with Crippen molar-refractivity contribution in [2.24, 2.45) is 0 Å². The van der Waals surface area contributed by atoms with Crippen molar-refractivity contribution < 1.29 is 32.6 Å². The molecule has 4 atom stereocenters. The van der Waals surface area contributed by atoms with E-state index in [-0.39, 0.29) is 37.3 Å². The molecule has 0 bridgehead atoms. The van der Waals surface area contributed by atoms with E-state index in [0.717, 1.165) is 53.0 Å². The van der Waals surface area contributed by atoms with Crippen molar-refractivity contribution in [1.29, 1.82) is 0 Å². The Hall–Kier alpha value is -3.52. The number of hydrogen-bond acceptors (Lipinski definition) is 10. The van der Waals surface area contributed by atoms with Crippen molar-refractivity contribution in [1.82, 2.24) is 19.6 Å². The van der Waals surface area contributed by atoms with Gasteiger partial charge in [0.1, 0.15) is 30.3 Å². The molecule has 1 aliphatic heterocycles. The van der Waals surface area contributed by atoms with Crippen molar-refractivity contribution in [3.8, 4) is 5.75 Å². The smallest absolute Gasteiger partial charge is 0.459 e. The molecule has 3 heterocycles. The van der Waals surface area contributed by atoms with Gasteiger partial charge in [0.25, 0.3) is 0 Å². The Labute approximate surface area is 273 Å². The van der Waals surface area contributed by atoms with Gasteiger partial charge in [-0.25, -0.2) is 9.36 Å². The van der Waals surface area contributed by atoms with Gasteiger partial charge in [-0.15, -0.1) is 0 Å². The number of benzene rings is 2. The molecule has 244 valence electrons. The van der Waals surface area contributed by atoms with Crippen LogP contribution in [0.2, 0.25) is 0 Å². The highest BCUT2D eigenvalue weighted by Gasteiger charge is 2.38. The third-order valence-electron chi connectivity index (χ3n) is 7.85. The first-order chi connectivity index (χ1) is 22.2. The summed E-state index contributed by atoms with van der Waals surface area (Å²) < 4.78 is 45.8. The number of aromatic nitrogens is 3. The van der Waals surface area contributed by atoms with Gasteiger partial charge in [0.05, 0.1) is 6.61 Å². The number of nitrogens with one attached hydrogen (secondary N) is 2. The SMILES string of the molecule is Nc1ccn([C@@H]2CO[C@H](COP(=O)(N[C@H](Cc3c[nH]c4ccccc34)C(=O)OC3CCCCC3)Oc3ccc(Br)cc3)O2)c(=O)n1. The zero-order valence-corrected chi connectivity index (χ0v) is 27.4. The topological polar surface area (TPSA) is 169 Å². The van der Waals surface area contributed by atoms with Gasteiger partial charge in [0.15, 0.2) is 12.5 Å². The standard InChI is InChI=1S/C31H35BrN5O8P/c32-21-10-12-23(13-11-21)45-46(40,42-19-29-41-18-28(44-29)37-15-14-27(33)35-31(37)39)36-26(30(38)43-22-6-2-1-3-7-22)16-20-17-34-25-9-5-4-8-24(20)25/h4-5,8-15,17,22,26,28-29,34H,1-3,6-7,16,18-19H2,(H,36,40)(H2,33,35,39)/t26-,28+,29+,46?/m1/s1. The van der Waals surface area contributed by atoms with E-state index in [1.807, 2.05) is 30.5 Å². The van der Waals surface area contributed by atoms with Crippen LogP contribution in [0.25, 0.3) is 10.9 Å². The van der Waals surface area contributed by atoms with Crippen molar-refractivity contribution in [2.45, 2.75) is 63.2 Å². The lowest BCUT2D eigenvalue weighted by Crippen LogP contribution is -2.41. The first-order valence-electron chi connectivity index (χ1n) is 15.1. The molecule has 6 rings (SSSR count). The predicted molar refractivity (Wildman–Crippen MR) is 173 cm³/mol. The summed E-state index contributed by atoms with van der Waals surface area (Å²) in [5.41, 5.74) is 6.73. The second-order valence-electron chi connectivity index (χ2n) is 11.2. The first kappa shape index (κ1) is 32.4. The summed E-state index contributed by atoms with van der Waals surface area (Å²) in [4.78, 5) is 33.0. The Morgan fingerprint density at radius 2 is 1.93 bits per heavy atom. The lowest BCUT2D eigenvalue weighted by Gasteiger charge is -2.28. The van der Waals surface area contributed by atoms with E-state index >= 15 is 0 Å². The second-order valence-corrected chi connectivity index (χ2v) is 13.8. The van der Waals surface area contributed by atoms with Gasteiger partial charge < -0.3 is 29.5 Å².